The number of allylic oxidation sites excluding steroid dienone is 1. The average Bonchev–Trinajstić information content (AvgIpc) is 3.13. The van der Waals surface area contributed by atoms with Crippen LogP contribution in [0.25, 0.3) is 39.0 Å². The topological polar surface area (TPSA) is 15.8 Å². The molecule has 1 N–H and O–H groups in total. The minimum absolute atomic E-state index is 0. The van der Waals surface area contributed by atoms with Gasteiger partial charge in [-0.25, -0.2) is 0 Å². The van der Waals surface area contributed by atoms with Crippen LogP contribution >= 0.6 is 0 Å². The standard InChI is InChI=1S/C22H17N.Zr/c1-14-12-15-6-4-8-16(20(15)13-14)18-9-5-10-19-17-7-2-3-11-21(17)23-22(18)19;/h2-11,13,23H,12H2,1H3;. The molecular weight excluding hydrogens is 369 g/mol. The molecule has 0 aliphatic heterocycles. The minimum atomic E-state index is 0. The number of fused-ring (bicyclic) bond motifs is 4. The Morgan fingerprint density at radius 3 is 2.46 bits per heavy atom. The molecule has 4 aromatic rings. The zero-order valence-electron chi connectivity index (χ0n) is 13.6. The second-order valence-corrected chi connectivity index (χ2v) is 6.44. The molecule has 0 spiro atoms. The van der Waals surface area contributed by atoms with E-state index in [4.69, 9.17) is 0 Å². The Hall–Kier alpha value is -1.92. The van der Waals surface area contributed by atoms with Crippen molar-refractivity contribution in [1.82, 2.24) is 4.98 Å². The average molecular weight is 387 g/mol. The van der Waals surface area contributed by atoms with E-state index in [-0.39, 0.29) is 26.2 Å². The predicted molar refractivity (Wildman–Crippen MR) is 98.6 cm³/mol. The quantitative estimate of drug-likeness (QED) is 0.416. The van der Waals surface area contributed by atoms with Crippen LogP contribution in [-0.4, -0.2) is 4.98 Å². The first-order chi connectivity index (χ1) is 11.3. The molecule has 1 aliphatic carbocycles. The molecule has 1 aromatic heterocycles. The number of rotatable bonds is 1. The summed E-state index contributed by atoms with van der Waals surface area (Å²) in [5, 5.41) is 2.60. The number of H-pyrrole nitrogens is 1. The van der Waals surface area contributed by atoms with Crippen molar-refractivity contribution < 1.29 is 26.2 Å². The van der Waals surface area contributed by atoms with Crippen LogP contribution in [0.5, 0.6) is 0 Å². The monoisotopic (exact) mass is 385 g/mol. The molecule has 24 heavy (non-hydrogen) atoms. The number of benzene rings is 3. The summed E-state index contributed by atoms with van der Waals surface area (Å²) in [6, 6.07) is 21.8. The molecule has 1 nitrogen and oxygen atoms in total. The number of para-hydroxylation sites is 2. The first-order valence-electron chi connectivity index (χ1n) is 8.10. The molecule has 0 radical (unpaired) electrons. The van der Waals surface area contributed by atoms with E-state index in [1.54, 1.807) is 0 Å². The molecule has 5 rings (SSSR count). The third kappa shape index (κ3) is 2.24. The van der Waals surface area contributed by atoms with E-state index in [0.717, 1.165) is 6.42 Å². The van der Waals surface area contributed by atoms with Gasteiger partial charge < -0.3 is 4.98 Å². The molecular formula is C22H17NZr. The molecule has 0 unspecified atom stereocenters. The van der Waals surface area contributed by atoms with Gasteiger partial charge in [-0.3, -0.25) is 0 Å². The Labute approximate surface area is 160 Å². The Kier molecular flexibility index (Phi) is 3.81. The molecule has 0 saturated carbocycles. The smallest absolute Gasteiger partial charge is 0.0544 e. The van der Waals surface area contributed by atoms with Gasteiger partial charge in [0.1, 0.15) is 0 Å². The van der Waals surface area contributed by atoms with E-state index in [1.807, 2.05) is 0 Å². The summed E-state index contributed by atoms with van der Waals surface area (Å²) >= 11 is 0. The fourth-order valence-electron chi connectivity index (χ4n) is 3.87. The van der Waals surface area contributed by atoms with Crippen molar-refractivity contribution in [3.8, 4) is 11.1 Å². The summed E-state index contributed by atoms with van der Waals surface area (Å²) in [6.45, 7) is 2.22. The number of aromatic amines is 1. The second-order valence-electron chi connectivity index (χ2n) is 6.44. The summed E-state index contributed by atoms with van der Waals surface area (Å²) in [4.78, 5) is 3.63. The SMILES string of the molecule is CC1=Cc2c(cccc2-c2cccc3c2[nH]c2ccccc23)C1.[Zr]. The van der Waals surface area contributed by atoms with Gasteiger partial charge >= 0.3 is 0 Å². The Bertz CT molecular complexity index is 1100. The molecule has 0 atom stereocenters. The van der Waals surface area contributed by atoms with Crippen molar-refractivity contribution >= 4 is 27.9 Å². The summed E-state index contributed by atoms with van der Waals surface area (Å²) in [5.41, 5.74) is 9.33. The predicted octanol–water partition coefficient (Wildman–Crippen LogP) is 5.95. The molecule has 0 saturated heterocycles. The Morgan fingerprint density at radius 1 is 0.792 bits per heavy atom. The van der Waals surface area contributed by atoms with Crippen molar-refractivity contribution in [3.05, 3.63) is 77.4 Å². The fourth-order valence-corrected chi connectivity index (χ4v) is 3.87. The van der Waals surface area contributed by atoms with Gasteiger partial charge in [0.2, 0.25) is 0 Å². The van der Waals surface area contributed by atoms with E-state index in [1.165, 1.54) is 49.6 Å². The summed E-state index contributed by atoms with van der Waals surface area (Å²) < 4.78 is 0. The second kappa shape index (κ2) is 5.86. The van der Waals surface area contributed by atoms with E-state index in [9.17, 15) is 0 Å². The molecule has 0 amide bonds. The maximum atomic E-state index is 3.63. The first kappa shape index (κ1) is 15.6. The van der Waals surface area contributed by atoms with Gasteiger partial charge in [-0.1, -0.05) is 66.2 Å². The van der Waals surface area contributed by atoms with Crippen molar-refractivity contribution in [2.75, 3.05) is 0 Å². The largest absolute Gasteiger partial charge is 0.354 e. The van der Waals surface area contributed by atoms with Gasteiger partial charge in [-0.2, -0.15) is 0 Å². The van der Waals surface area contributed by atoms with Crippen LogP contribution in [-0.2, 0) is 32.6 Å². The zero-order valence-corrected chi connectivity index (χ0v) is 16.0. The van der Waals surface area contributed by atoms with Crippen LogP contribution in [0.15, 0.2) is 66.2 Å². The molecule has 2 heteroatoms. The third-order valence-electron chi connectivity index (χ3n) is 4.89. The Balaban J connectivity index is 0.00000146. The Morgan fingerprint density at radius 2 is 1.54 bits per heavy atom. The molecule has 3 aromatic carbocycles. The molecule has 0 bridgehead atoms. The maximum Gasteiger partial charge on any atom is 0.0544 e. The number of hydrogen-bond donors (Lipinski definition) is 1. The van der Waals surface area contributed by atoms with E-state index < -0.39 is 0 Å². The molecule has 114 valence electrons. The summed E-state index contributed by atoms with van der Waals surface area (Å²) in [6.07, 6.45) is 3.41. The van der Waals surface area contributed by atoms with Crippen LogP contribution in [0.2, 0.25) is 0 Å². The normalized spacial score (nSPS) is 13.0. The molecule has 0 fully saturated rings. The summed E-state index contributed by atoms with van der Waals surface area (Å²) in [5.74, 6) is 0. The van der Waals surface area contributed by atoms with Crippen LogP contribution in [0, 0.1) is 0 Å². The third-order valence-corrected chi connectivity index (χ3v) is 4.89. The van der Waals surface area contributed by atoms with Gasteiger partial charge in [0.15, 0.2) is 0 Å². The van der Waals surface area contributed by atoms with Crippen molar-refractivity contribution in [2.45, 2.75) is 13.3 Å². The van der Waals surface area contributed by atoms with E-state index in [0.29, 0.717) is 0 Å². The maximum absolute atomic E-state index is 3.63. The number of nitrogens with one attached hydrogen (secondary N) is 1. The van der Waals surface area contributed by atoms with Crippen LogP contribution in [0.1, 0.15) is 18.1 Å². The van der Waals surface area contributed by atoms with Crippen LogP contribution < -0.4 is 0 Å². The van der Waals surface area contributed by atoms with Crippen LogP contribution in [0.3, 0.4) is 0 Å². The number of hydrogen-bond acceptors (Lipinski definition) is 0. The first-order valence-corrected chi connectivity index (χ1v) is 8.10. The number of aromatic nitrogens is 1. The minimum Gasteiger partial charge on any atom is -0.354 e. The zero-order chi connectivity index (χ0) is 15.4. The van der Waals surface area contributed by atoms with Gasteiger partial charge in [-0.15, -0.1) is 0 Å². The van der Waals surface area contributed by atoms with E-state index >= 15 is 0 Å². The van der Waals surface area contributed by atoms with Gasteiger partial charge in [-0.05, 0) is 36.1 Å². The van der Waals surface area contributed by atoms with Crippen LogP contribution in [0.4, 0.5) is 0 Å². The molecule has 1 heterocycles. The summed E-state index contributed by atoms with van der Waals surface area (Å²) in [7, 11) is 0. The molecule has 1 aliphatic rings. The fraction of sp³-hybridized carbons (Fsp3) is 0.0909. The van der Waals surface area contributed by atoms with Gasteiger partial charge in [0.05, 0.1) is 5.52 Å². The van der Waals surface area contributed by atoms with Crippen molar-refractivity contribution in [3.63, 3.8) is 0 Å². The van der Waals surface area contributed by atoms with Gasteiger partial charge in [0.25, 0.3) is 0 Å². The van der Waals surface area contributed by atoms with Crippen molar-refractivity contribution in [1.29, 1.82) is 0 Å². The van der Waals surface area contributed by atoms with Gasteiger partial charge in [0, 0.05) is 48.1 Å². The van der Waals surface area contributed by atoms with Crippen molar-refractivity contribution in [2.24, 2.45) is 0 Å². The van der Waals surface area contributed by atoms with E-state index in [2.05, 4.69) is 78.6 Å².